The molecule has 0 N–H and O–H groups in total. The lowest BCUT2D eigenvalue weighted by Crippen LogP contribution is -2.27. The Kier molecular flexibility index (Phi) is 5.31. The first kappa shape index (κ1) is 19.7. The quantitative estimate of drug-likeness (QED) is 0.669. The van der Waals surface area contributed by atoms with E-state index in [0.29, 0.717) is 11.5 Å². The summed E-state index contributed by atoms with van der Waals surface area (Å²) in [6.45, 7) is 3.88. The molecule has 0 aliphatic carbocycles. The standard InChI is InChI=1S/C22H23FO5/c1-22(2)9-8-13-10-14(6-7-16(13)28-22)20(24)19(23)15-11-17(25-3)21(27-5)18(12-15)26-4/h6-12,19H,1-5H3/i23-1. The molecule has 2 aromatic carbocycles. The first-order chi connectivity index (χ1) is 13.3. The molecule has 6 heteroatoms. The van der Waals surface area contributed by atoms with Gasteiger partial charge in [0.2, 0.25) is 11.5 Å². The third-order valence-electron chi connectivity index (χ3n) is 4.54. The minimum Gasteiger partial charge on any atom is -0.493 e. The highest BCUT2D eigenvalue weighted by molar-refractivity contribution is 6.00. The molecule has 5 nitrogen and oxygen atoms in total. The van der Waals surface area contributed by atoms with Crippen LogP contribution in [0.3, 0.4) is 0 Å². The zero-order chi connectivity index (χ0) is 20.5. The van der Waals surface area contributed by atoms with Crippen LogP contribution in [-0.2, 0) is 0 Å². The van der Waals surface area contributed by atoms with E-state index in [0.717, 1.165) is 5.56 Å². The van der Waals surface area contributed by atoms with Gasteiger partial charge in [-0.25, -0.2) is 4.39 Å². The molecule has 0 spiro atoms. The molecule has 1 atom stereocenters. The van der Waals surface area contributed by atoms with Crippen molar-refractivity contribution in [3.63, 3.8) is 0 Å². The Bertz CT molecular complexity index is 908. The minimum absolute atomic E-state index is 0.130. The van der Waals surface area contributed by atoms with Crippen molar-refractivity contribution in [2.75, 3.05) is 21.3 Å². The summed E-state index contributed by atoms with van der Waals surface area (Å²) in [5.41, 5.74) is 0.706. The number of carbonyl (C=O) groups is 1. The van der Waals surface area contributed by atoms with Crippen molar-refractivity contribution in [1.29, 1.82) is 0 Å². The average Bonchev–Trinajstić information content (AvgIpc) is 2.70. The second-order valence-electron chi connectivity index (χ2n) is 6.98. The average molecular weight is 385 g/mol. The highest BCUT2D eigenvalue weighted by Gasteiger charge is 2.27. The maximum Gasteiger partial charge on any atom is 0.203 e. The third kappa shape index (κ3) is 3.67. The molecule has 1 heterocycles. The van der Waals surface area contributed by atoms with E-state index in [-0.39, 0.29) is 22.6 Å². The van der Waals surface area contributed by atoms with E-state index in [9.17, 15) is 4.79 Å². The van der Waals surface area contributed by atoms with Crippen molar-refractivity contribution in [1.82, 2.24) is 0 Å². The van der Waals surface area contributed by atoms with E-state index in [4.69, 9.17) is 18.9 Å². The van der Waals surface area contributed by atoms with Crippen molar-refractivity contribution < 1.29 is 28.1 Å². The molecular weight excluding hydrogens is 362 g/mol. The number of benzene rings is 2. The number of ether oxygens (including phenoxy) is 4. The molecular formula is C22H23FO5. The van der Waals surface area contributed by atoms with E-state index in [1.165, 1.54) is 33.5 Å². The summed E-state index contributed by atoms with van der Waals surface area (Å²) in [5, 5.41) is 0. The fourth-order valence-electron chi connectivity index (χ4n) is 3.08. The van der Waals surface area contributed by atoms with E-state index < -0.39 is 17.6 Å². The summed E-state index contributed by atoms with van der Waals surface area (Å²) in [6, 6.07) is 7.77. The third-order valence-corrected chi connectivity index (χ3v) is 4.54. The van der Waals surface area contributed by atoms with Gasteiger partial charge >= 0.3 is 0 Å². The molecule has 0 bridgehead atoms. The van der Waals surface area contributed by atoms with Crippen LogP contribution >= 0.6 is 0 Å². The first-order valence-electron chi connectivity index (χ1n) is 8.80. The molecule has 0 radical (unpaired) electrons. The monoisotopic (exact) mass is 385 g/mol. The number of rotatable bonds is 6. The summed E-state index contributed by atoms with van der Waals surface area (Å²) in [6.07, 6.45) is 1.90. The Labute approximate surface area is 163 Å². The smallest absolute Gasteiger partial charge is 0.203 e. The van der Waals surface area contributed by atoms with Gasteiger partial charge in [-0.2, -0.15) is 0 Å². The second kappa shape index (κ2) is 7.54. The molecule has 28 heavy (non-hydrogen) atoms. The molecule has 2 aromatic rings. The first-order valence-corrected chi connectivity index (χ1v) is 8.80. The van der Waals surface area contributed by atoms with Gasteiger partial charge in [0, 0.05) is 16.7 Å². The number of fused-ring (bicyclic) bond motifs is 1. The number of hydrogen-bond donors (Lipinski definition) is 0. The molecule has 148 valence electrons. The largest absolute Gasteiger partial charge is 0.493 e. The van der Waals surface area contributed by atoms with Crippen molar-refractivity contribution in [3.05, 3.63) is 53.1 Å². The second-order valence-corrected chi connectivity index (χ2v) is 6.98. The van der Waals surface area contributed by atoms with Crippen molar-refractivity contribution in [3.8, 4) is 23.0 Å². The Balaban J connectivity index is 1.93. The predicted octanol–water partition coefficient (Wildman–Crippen LogP) is 4.79. The Morgan fingerprint density at radius 1 is 1.04 bits per heavy atom. The highest BCUT2D eigenvalue weighted by atomic mass is 18.2. The SMILES string of the molecule is COc1cc(C([18F])C(=O)c2ccc3c(c2)C=CC(C)(C)O3)cc(OC)c1OC. The summed E-state index contributed by atoms with van der Waals surface area (Å²) >= 11 is 0. The summed E-state index contributed by atoms with van der Waals surface area (Å²) in [7, 11) is 4.34. The summed E-state index contributed by atoms with van der Waals surface area (Å²) in [4.78, 5) is 12.8. The number of alkyl halides is 1. The van der Waals surface area contributed by atoms with E-state index in [1.54, 1.807) is 18.2 Å². The Morgan fingerprint density at radius 2 is 1.68 bits per heavy atom. The minimum atomic E-state index is -1.88. The van der Waals surface area contributed by atoms with Crippen LogP contribution in [0.15, 0.2) is 36.4 Å². The molecule has 0 aromatic heterocycles. The van der Waals surface area contributed by atoms with Crippen LogP contribution in [0, 0.1) is 0 Å². The molecule has 1 aliphatic heterocycles. The van der Waals surface area contributed by atoms with Gasteiger partial charge in [0.1, 0.15) is 11.4 Å². The lowest BCUT2D eigenvalue weighted by molar-refractivity contribution is 0.0877. The van der Waals surface area contributed by atoms with Gasteiger partial charge in [0.15, 0.2) is 17.7 Å². The fraction of sp³-hybridized carbons (Fsp3) is 0.318. The number of methoxy groups -OCH3 is 3. The van der Waals surface area contributed by atoms with Crippen LogP contribution in [0.25, 0.3) is 6.08 Å². The molecule has 3 rings (SSSR count). The fourth-order valence-corrected chi connectivity index (χ4v) is 3.08. The molecule has 0 amide bonds. The van der Waals surface area contributed by atoms with Crippen LogP contribution in [-0.4, -0.2) is 32.7 Å². The lowest BCUT2D eigenvalue weighted by atomic mass is 9.96. The van der Waals surface area contributed by atoms with Gasteiger partial charge in [-0.3, -0.25) is 4.79 Å². The lowest BCUT2D eigenvalue weighted by Gasteiger charge is -2.28. The van der Waals surface area contributed by atoms with Crippen LogP contribution in [0.4, 0.5) is 4.39 Å². The summed E-state index contributed by atoms with van der Waals surface area (Å²) in [5.74, 6) is 0.919. The number of hydrogen-bond acceptors (Lipinski definition) is 5. The van der Waals surface area contributed by atoms with Crippen molar-refractivity contribution >= 4 is 11.9 Å². The molecule has 0 fully saturated rings. The zero-order valence-electron chi connectivity index (χ0n) is 16.5. The number of ketones is 1. The van der Waals surface area contributed by atoms with Gasteiger partial charge in [-0.15, -0.1) is 0 Å². The van der Waals surface area contributed by atoms with Gasteiger partial charge in [0.05, 0.1) is 21.3 Å². The molecule has 1 unspecified atom stereocenters. The number of halogens is 1. The van der Waals surface area contributed by atoms with Crippen LogP contribution in [0.5, 0.6) is 23.0 Å². The molecule has 0 saturated carbocycles. The predicted molar refractivity (Wildman–Crippen MR) is 104 cm³/mol. The highest BCUT2D eigenvalue weighted by Crippen LogP contribution is 2.41. The van der Waals surface area contributed by atoms with Crippen LogP contribution < -0.4 is 18.9 Å². The van der Waals surface area contributed by atoms with Gasteiger partial charge in [0.25, 0.3) is 0 Å². The number of Topliss-reactive ketones (excluding diaryl/α,β-unsaturated/α-hetero) is 1. The Hall–Kier alpha value is -3.02. The van der Waals surface area contributed by atoms with E-state index in [2.05, 4.69) is 0 Å². The van der Waals surface area contributed by atoms with E-state index in [1.807, 2.05) is 26.0 Å². The van der Waals surface area contributed by atoms with Crippen molar-refractivity contribution in [2.45, 2.75) is 25.6 Å². The molecule has 0 saturated heterocycles. The Morgan fingerprint density at radius 3 is 2.25 bits per heavy atom. The van der Waals surface area contributed by atoms with Crippen molar-refractivity contribution in [2.24, 2.45) is 0 Å². The van der Waals surface area contributed by atoms with Gasteiger partial charge < -0.3 is 18.9 Å². The van der Waals surface area contributed by atoms with Crippen LogP contribution in [0.2, 0.25) is 0 Å². The zero-order valence-corrected chi connectivity index (χ0v) is 16.5. The van der Waals surface area contributed by atoms with E-state index >= 15 is 4.39 Å². The topological polar surface area (TPSA) is 54.0 Å². The molecule has 1 aliphatic rings. The maximum absolute atomic E-state index is 15.1. The maximum atomic E-state index is 15.1. The normalized spacial score (nSPS) is 15.2. The van der Waals surface area contributed by atoms with Gasteiger partial charge in [-0.05, 0) is 50.3 Å². The summed E-state index contributed by atoms with van der Waals surface area (Å²) < 4.78 is 36.7. The van der Waals surface area contributed by atoms with Crippen LogP contribution in [0.1, 0.15) is 41.5 Å². The van der Waals surface area contributed by atoms with Gasteiger partial charge in [-0.1, -0.05) is 6.08 Å². The number of carbonyl (C=O) groups excluding carboxylic acids is 1.